The lowest BCUT2D eigenvalue weighted by atomic mass is 10.1. The minimum Gasteiger partial charge on any atom is -0.471 e. The van der Waals surface area contributed by atoms with Crippen molar-refractivity contribution in [2.75, 3.05) is 11.9 Å². The minimum absolute atomic E-state index is 0.169. The van der Waals surface area contributed by atoms with Crippen LogP contribution in [0.2, 0.25) is 0 Å². The summed E-state index contributed by atoms with van der Waals surface area (Å²) >= 11 is 0. The van der Waals surface area contributed by atoms with E-state index >= 15 is 0 Å². The van der Waals surface area contributed by atoms with Crippen LogP contribution in [-0.2, 0) is 9.53 Å². The summed E-state index contributed by atoms with van der Waals surface area (Å²) in [6, 6.07) is 3.30. The van der Waals surface area contributed by atoms with E-state index in [2.05, 4.69) is 21.9 Å². The molecule has 1 N–H and O–H groups in total. The minimum atomic E-state index is -4.37. The normalized spacial score (nSPS) is 20.6. The number of rotatable bonds is 4. The Kier molecular flexibility index (Phi) is 5.08. The highest BCUT2D eigenvalue weighted by atomic mass is 19.4. The second-order valence-corrected chi connectivity index (χ2v) is 5.78. The molecule has 1 saturated heterocycles. The summed E-state index contributed by atoms with van der Waals surface area (Å²) in [5, 5.41) is 3.12. The molecule has 1 aliphatic rings. The summed E-state index contributed by atoms with van der Waals surface area (Å²) < 4.78 is 48.6. The molecule has 6 nitrogen and oxygen atoms in total. The van der Waals surface area contributed by atoms with Crippen molar-refractivity contribution in [1.82, 2.24) is 9.97 Å². The Balaban J connectivity index is 1.76. The van der Waals surface area contributed by atoms with Crippen molar-refractivity contribution < 1.29 is 27.4 Å². The molecule has 1 aliphatic heterocycles. The molecule has 0 aliphatic carbocycles. The number of anilines is 1. The average Bonchev–Trinajstić information content (AvgIpc) is 2.62. The van der Waals surface area contributed by atoms with Gasteiger partial charge in [-0.2, -0.15) is 13.2 Å². The molecule has 2 aromatic rings. The summed E-state index contributed by atoms with van der Waals surface area (Å²) in [6.45, 7) is 3.20. The van der Waals surface area contributed by atoms with Gasteiger partial charge >= 0.3 is 6.18 Å². The van der Waals surface area contributed by atoms with Gasteiger partial charge in [0.05, 0.1) is 29.4 Å². The number of pyridine rings is 2. The largest absolute Gasteiger partial charge is 0.471 e. The maximum Gasteiger partial charge on any atom is 0.414 e. The maximum absolute atomic E-state index is 12.7. The summed E-state index contributed by atoms with van der Waals surface area (Å²) in [5.41, 5.74) is 1.01. The molecule has 0 saturated carbocycles. The fraction of sp³-hybridized carbons (Fsp3) is 0.353. The average molecular weight is 367 g/mol. The SMILES string of the molecule is C=CC(=O)Nc1cnc2ccnc(O[C@@H]3CC[C@@H](C(F)(F)F)OC3)c2c1. The van der Waals surface area contributed by atoms with E-state index in [4.69, 9.17) is 9.47 Å². The van der Waals surface area contributed by atoms with Crippen molar-refractivity contribution >= 4 is 22.5 Å². The Bertz CT molecular complexity index is 818. The number of nitrogens with one attached hydrogen (secondary N) is 1. The van der Waals surface area contributed by atoms with Gasteiger partial charge in [0.1, 0.15) is 6.10 Å². The third-order valence-electron chi connectivity index (χ3n) is 3.90. The molecular formula is C17H16F3N3O3. The first-order valence-electron chi connectivity index (χ1n) is 7.90. The molecule has 3 heterocycles. The molecule has 0 unspecified atom stereocenters. The van der Waals surface area contributed by atoms with Crippen molar-refractivity contribution in [3.8, 4) is 5.88 Å². The number of hydrogen-bond donors (Lipinski definition) is 1. The molecule has 138 valence electrons. The second kappa shape index (κ2) is 7.28. The number of alkyl halides is 3. The molecular weight excluding hydrogens is 351 g/mol. The molecule has 26 heavy (non-hydrogen) atoms. The van der Waals surface area contributed by atoms with Gasteiger partial charge in [-0.1, -0.05) is 6.58 Å². The summed E-state index contributed by atoms with van der Waals surface area (Å²) in [4.78, 5) is 19.8. The van der Waals surface area contributed by atoms with Gasteiger partial charge in [-0.3, -0.25) is 9.78 Å². The highest BCUT2D eigenvalue weighted by Crippen LogP contribution is 2.32. The van der Waals surface area contributed by atoms with Crippen LogP contribution in [-0.4, -0.2) is 40.9 Å². The van der Waals surface area contributed by atoms with Gasteiger partial charge in [-0.25, -0.2) is 4.98 Å². The summed E-state index contributed by atoms with van der Waals surface area (Å²) in [6.07, 6.45) is -2.55. The van der Waals surface area contributed by atoms with Gasteiger partial charge < -0.3 is 14.8 Å². The van der Waals surface area contributed by atoms with Gasteiger partial charge in [0.25, 0.3) is 0 Å². The number of aromatic nitrogens is 2. The van der Waals surface area contributed by atoms with Crippen molar-refractivity contribution in [2.24, 2.45) is 0 Å². The van der Waals surface area contributed by atoms with E-state index in [0.29, 0.717) is 16.6 Å². The van der Waals surface area contributed by atoms with Crippen LogP contribution in [0.15, 0.2) is 37.2 Å². The zero-order valence-corrected chi connectivity index (χ0v) is 13.6. The number of amides is 1. The number of carbonyl (C=O) groups excluding carboxylic acids is 1. The first-order valence-corrected chi connectivity index (χ1v) is 7.90. The van der Waals surface area contributed by atoms with Gasteiger partial charge in [0, 0.05) is 6.20 Å². The fourth-order valence-electron chi connectivity index (χ4n) is 2.62. The van der Waals surface area contributed by atoms with Crippen molar-refractivity contribution in [2.45, 2.75) is 31.2 Å². The van der Waals surface area contributed by atoms with Crippen molar-refractivity contribution in [3.63, 3.8) is 0 Å². The second-order valence-electron chi connectivity index (χ2n) is 5.78. The lowest BCUT2D eigenvalue weighted by molar-refractivity contribution is -0.238. The topological polar surface area (TPSA) is 73.3 Å². The third kappa shape index (κ3) is 4.10. The van der Waals surface area contributed by atoms with Gasteiger partial charge in [0.2, 0.25) is 11.8 Å². The standard InChI is InChI=1S/C17H16F3N3O3/c1-2-15(24)23-10-7-12-13(22-8-10)5-6-21-16(12)26-11-3-4-14(25-9-11)17(18,19)20/h2,5-8,11,14H,1,3-4,9H2,(H,23,24)/t11-,14+/m1/s1. The molecule has 2 aromatic heterocycles. The Morgan fingerprint density at radius 3 is 2.85 bits per heavy atom. The first-order chi connectivity index (χ1) is 12.4. The first kappa shape index (κ1) is 18.1. The van der Waals surface area contributed by atoms with E-state index in [9.17, 15) is 18.0 Å². The van der Waals surface area contributed by atoms with Crippen LogP contribution in [0, 0.1) is 0 Å². The van der Waals surface area contributed by atoms with Crippen molar-refractivity contribution in [1.29, 1.82) is 0 Å². The lowest BCUT2D eigenvalue weighted by Crippen LogP contribution is -2.41. The zero-order valence-electron chi connectivity index (χ0n) is 13.6. The van der Waals surface area contributed by atoms with E-state index in [-0.39, 0.29) is 25.3 Å². The molecule has 1 amide bonds. The zero-order chi connectivity index (χ0) is 18.7. The van der Waals surface area contributed by atoms with Crippen LogP contribution < -0.4 is 10.1 Å². The predicted octanol–water partition coefficient (Wildman–Crippen LogP) is 3.24. The van der Waals surface area contributed by atoms with Crippen LogP contribution in [0.5, 0.6) is 5.88 Å². The molecule has 3 rings (SSSR count). The highest BCUT2D eigenvalue weighted by Gasteiger charge is 2.43. The number of nitrogens with zero attached hydrogens (tertiary/aromatic N) is 2. The van der Waals surface area contributed by atoms with Crippen LogP contribution in [0.1, 0.15) is 12.8 Å². The van der Waals surface area contributed by atoms with Crippen LogP contribution in [0.25, 0.3) is 10.9 Å². The number of carbonyl (C=O) groups is 1. The third-order valence-corrected chi connectivity index (χ3v) is 3.90. The lowest BCUT2D eigenvalue weighted by Gasteiger charge is -2.30. The van der Waals surface area contributed by atoms with Gasteiger partial charge in [-0.05, 0) is 31.1 Å². The van der Waals surface area contributed by atoms with Crippen LogP contribution >= 0.6 is 0 Å². The molecule has 9 heteroatoms. The fourth-order valence-corrected chi connectivity index (χ4v) is 2.62. The van der Waals surface area contributed by atoms with E-state index < -0.39 is 24.3 Å². The van der Waals surface area contributed by atoms with E-state index in [0.717, 1.165) is 6.08 Å². The van der Waals surface area contributed by atoms with E-state index in [1.165, 1.54) is 12.4 Å². The van der Waals surface area contributed by atoms with E-state index in [1.54, 1.807) is 12.1 Å². The number of halogens is 3. The molecule has 0 bridgehead atoms. The van der Waals surface area contributed by atoms with Gasteiger partial charge in [0.15, 0.2) is 6.10 Å². The van der Waals surface area contributed by atoms with Crippen LogP contribution in [0.3, 0.4) is 0 Å². The Morgan fingerprint density at radius 1 is 1.38 bits per heavy atom. The molecule has 0 spiro atoms. The number of ether oxygens (including phenoxy) is 2. The smallest absolute Gasteiger partial charge is 0.414 e. The molecule has 1 fully saturated rings. The Morgan fingerprint density at radius 2 is 2.19 bits per heavy atom. The molecule has 2 atom stereocenters. The van der Waals surface area contributed by atoms with E-state index in [1.807, 2.05) is 0 Å². The quantitative estimate of drug-likeness (QED) is 0.840. The Labute approximate surface area is 147 Å². The van der Waals surface area contributed by atoms with Crippen molar-refractivity contribution in [3.05, 3.63) is 37.2 Å². The summed E-state index contributed by atoms with van der Waals surface area (Å²) in [5.74, 6) is -0.167. The predicted molar refractivity (Wildman–Crippen MR) is 87.8 cm³/mol. The molecule has 0 radical (unpaired) electrons. The monoisotopic (exact) mass is 367 g/mol. The van der Waals surface area contributed by atoms with Crippen LogP contribution in [0.4, 0.5) is 18.9 Å². The van der Waals surface area contributed by atoms with Gasteiger partial charge in [-0.15, -0.1) is 0 Å². The highest BCUT2D eigenvalue weighted by molar-refractivity contribution is 6.00. The number of hydrogen-bond acceptors (Lipinski definition) is 5. The molecule has 0 aromatic carbocycles. The maximum atomic E-state index is 12.7. The summed E-state index contributed by atoms with van der Waals surface area (Å²) in [7, 11) is 0. The Hall–Kier alpha value is -2.68. The number of fused-ring (bicyclic) bond motifs is 1.